The molecule has 2 fully saturated rings. The minimum absolute atomic E-state index is 0.00878. The van der Waals surface area contributed by atoms with Gasteiger partial charge in [0.05, 0.1) is 35.1 Å². The lowest BCUT2D eigenvalue weighted by Gasteiger charge is -2.14. The standard InChI is InChI=1S/C24H20ClN3O6/c1-33-19-9-14(8-18(25)22(19)34-12-13-2-6-17(7-3-13)28(31)32)11-26-27-23(29)20-15-4-5-16(10-15)21(20)24(27)30/h2-9,11,15-16,20-21H,10,12H2,1H3/t15-,16-,20-,21+/m0/s1. The summed E-state index contributed by atoms with van der Waals surface area (Å²) >= 11 is 6.41. The first kappa shape index (κ1) is 22.1. The Morgan fingerprint density at radius 2 is 1.79 bits per heavy atom. The normalized spacial score (nSPS) is 24.8. The summed E-state index contributed by atoms with van der Waals surface area (Å²) in [5.74, 6) is -0.268. The second-order valence-electron chi connectivity index (χ2n) is 8.48. The van der Waals surface area contributed by atoms with Gasteiger partial charge in [0.25, 0.3) is 17.5 Å². The third-order valence-electron chi connectivity index (χ3n) is 6.55. The van der Waals surface area contributed by atoms with E-state index in [2.05, 4.69) is 5.10 Å². The molecule has 1 saturated heterocycles. The number of rotatable bonds is 7. The van der Waals surface area contributed by atoms with Crippen LogP contribution in [0.4, 0.5) is 5.69 Å². The van der Waals surface area contributed by atoms with Gasteiger partial charge in [0, 0.05) is 12.1 Å². The number of allylic oxidation sites excluding steroid dienone is 2. The largest absolute Gasteiger partial charge is 0.493 e. The number of benzene rings is 2. The van der Waals surface area contributed by atoms with Gasteiger partial charge in [0.2, 0.25) is 0 Å². The van der Waals surface area contributed by atoms with Crippen molar-refractivity contribution in [3.63, 3.8) is 0 Å². The van der Waals surface area contributed by atoms with Crippen LogP contribution in [0.25, 0.3) is 0 Å². The van der Waals surface area contributed by atoms with Crippen molar-refractivity contribution in [1.82, 2.24) is 5.01 Å². The van der Waals surface area contributed by atoms with Crippen molar-refractivity contribution in [2.45, 2.75) is 13.0 Å². The predicted octanol–water partition coefficient (Wildman–Crippen LogP) is 3.98. The first-order valence-corrected chi connectivity index (χ1v) is 11.1. The molecule has 10 heteroatoms. The molecule has 2 aliphatic carbocycles. The van der Waals surface area contributed by atoms with Gasteiger partial charge < -0.3 is 9.47 Å². The van der Waals surface area contributed by atoms with Gasteiger partial charge in [-0.25, -0.2) is 0 Å². The van der Waals surface area contributed by atoms with Crippen molar-refractivity contribution < 1.29 is 24.0 Å². The summed E-state index contributed by atoms with van der Waals surface area (Å²) in [6.45, 7) is 0.122. The quantitative estimate of drug-likeness (QED) is 0.194. The van der Waals surface area contributed by atoms with E-state index in [-0.39, 0.29) is 52.8 Å². The number of ether oxygens (including phenoxy) is 2. The maximum atomic E-state index is 12.8. The van der Waals surface area contributed by atoms with Crippen LogP contribution in [-0.4, -0.2) is 35.1 Å². The number of nitro benzene ring substituents is 1. The highest BCUT2D eigenvalue weighted by Crippen LogP contribution is 2.52. The number of halogens is 1. The highest BCUT2D eigenvalue weighted by atomic mass is 35.5. The van der Waals surface area contributed by atoms with Gasteiger partial charge in [-0.05, 0) is 53.6 Å². The fourth-order valence-electron chi connectivity index (χ4n) is 4.95. The monoisotopic (exact) mass is 481 g/mol. The first-order valence-electron chi connectivity index (χ1n) is 10.7. The number of fused-ring (bicyclic) bond motifs is 5. The number of methoxy groups -OCH3 is 1. The van der Waals surface area contributed by atoms with Crippen LogP contribution in [0.2, 0.25) is 5.02 Å². The summed E-state index contributed by atoms with van der Waals surface area (Å²) in [4.78, 5) is 35.9. The van der Waals surface area contributed by atoms with E-state index in [4.69, 9.17) is 21.1 Å². The smallest absolute Gasteiger partial charge is 0.269 e. The summed E-state index contributed by atoms with van der Waals surface area (Å²) in [7, 11) is 1.46. The van der Waals surface area contributed by atoms with Crippen LogP contribution in [0.3, 0.4) is 0 Å². The molecule has 4 atom stereocenters. The van der Waals surface area contributed by atoms with Crippen LogP contribution in [-0.2, 0) is 16.2 Å². The van der Waals surface area contributed by atoms with Gasteiger partial charge in [0.1, 0.15) is 6.61 Å². The van der Waals surface area contributed by atoms with E-state index in [1.165, 1.54) is 25.5 Å². The summed E-state index contributed by atoms with van der Waals surface area (Å²) in [6, 6.07) is 9.22. The summed E-state index contributed by atoms with van der Waals surface area (Å²) in [5, 5.41) is 16.2. The molecule has 1 saturated carbocycles. The molecule has 0 unspecified atom stereocenters. The highest BCUT2D eigenvalue weighted by Gasteiger charge is 2.59. The van der Waals surface area contributed by atoms with Gasteiger partial charge in [-0.2, -0.15) is 10.1 Å². The van der Waals surface area contributed by atoms with E-state index in [1.54, 1.807) is 24.3 Å². The average molecular weight is 482 g/mol. The van der Waals surface area contributed by atoms with Crippen LogP contribution in [0.15, 0.2) is 53.7 Å². The Morgan fingerprint density at radius 3 is 2.38 bits per heavy atom. The predicted molar refractivity (Wildman–Crippen MR) is 123 cm³/mol. The molecule has 5 rings (SSSR count). The zero-order valence-corrected chi connectivity index (χ0v) is 18.8. The minimum atomic E-state index is -0.471. The number of amides is 2. The van der Waals surface area contributed by atoms with E-state index < -0.39 is 4.92 Å². The topological polar surface area (TPSA) is 111 Å². The Morgan fingerprint density at radius 1 is 1.15 bits per heavy atom. The molecule has 0 spiro atoms. The Balaban J connectivity index is 1.31. The molecule has 0 aromatic heterocycles. The fourth-order valence-corrected chi connectivity index (χ4v) is 5.22. The second kappa shape index (κ2) is 8.57. The molecule has 1 heterocycles. The lowest BCUT2D eigenvalue weighted by molar-refractivity contribution is -0.384. The zero-order valence-electron chi connectivity index (χ0n) is 18.1. The third kappa shape index (κ3) is 3.71. The number of hydrogen-bond donors (Lipinski definition) is 0. The van der Waals surface area contributed by atoms with Gasteiger partial charge in [-0.3, -0.25) is 19.7 Å². The number of carbonyl (C=O) groups excluding carboxylic acids is 2. The lowest BCUT2D eigenvalue weighted by atomic mass is 9.85. The van der Waals surface area contributed by atoms with E-state index in [0.717, 1.165) is 17.0 Å². The van der Waals surface area contributed by atoms with E-state index in [0.29, 0.717) is 17.1 Å². The van der Waals surface area contributed by atoms with Crippen molar-refractivity contribution >= 4 is 35.3 Å². The molecule has 2 aromatic rings. The number of hydrogen-bond acceptors (Lipinski definition) is 7. The first-order chi connectivity index (χ1) is 16.4. The molecule has 34 heavy (non-hydrogen) atoms. The summed E-state index contributed by atoms with van der Waals surface area (Å²) in [6.07, 6.45) is 6.33. The van der Waals surface area contributed by atoms with Gasteiger partial charge in [-0.15, -0.1) is 0 Å². The van der Waals surface area contributed by atoms with Crippen molar-refractivity contribution in [1.29, 1.82) is 0 Å². The van der Waals surface area contributed by atoms with Crippen molar-refractivity contribution in [2.75, 3.05) is 7.11 Å². The van der Waals surface area contributed by atoms with Crippen molar-refractivity contribution in [3.8, 4) is 11.5 Å². The molecule has 2 amide bonds. The summed E-state index contributed by atoms with van der Waals surface area (Å²) < 4.78 is 11.2. The number of carbonyl (C=O) groups is 2. The van der Waals surface area contributed by atoms with Crippen LogP contribution in [0, 0.1) is 33.8 Å². The van der Waals surface area contributed by atoms with E-state index >= 15 is 0 Å². The zero-order chi connectivity index (χ0) is 24.0. The van der Waals surface area contributed by atoms with E-state index in [9.17, 15) is 19.7 Å². The van der Waals surface area contributed by atoms with Crippen molar-refractivity contribution in [2.24, 2.45) is 28.8 Å². The van der Waals surface area contributed by atoms with Crippen molar-refractivity contribution in [3.05, 3.63) is 74.8 Å². The Bertz CT molecular complexity index is 1210. The molecule has 2 bridgehead atoms. The number of nitrogens with zero attached hydrogens (tertiary/aromatic N) is 3. The number of hydrazone groups is 1. The Kier molecular flexibility index (Phi) is 5.57. The highest BCUT2D eigenvalue weighted by molar-refractivity contribution is 6.32. The van der Waals surface area contributed by atoms with Crippen LogP contribution in [0.1, 0.15) is 17.5 Å². The van der Waals surface area contributed by atoms with Crippen LogP contribution in [0.5, 0.6) is 11.5 Å². The average Bonchev–Trinajstić information content (AvgIpc) is 3.51. The molecular weight excluding hydrogens is 462 g/mol. The molecule has 1 aliphatic heterocycles. The number of nitro groups is 1. The molecular formula is C24H20ClN3O6. The lowest BCUT2D eigenvalue weighted by Crippen LogP contribution is -2.28. The fraction of sp³-hybridized carbons (Fsp3) is 0.292. The maximum absolute atomic E-state index is 12.8. The van der Waals surface area contributed by atoms with E-state index in [1.807, 2.05) is 12.2 Å². The van der Waals surface area contributed by atoms with Crippen LogP contribution < -0.4 is 9.47 Å². The molecule has 2 aromatic carbocycles. The minimum Gasteiger partial charge on any atom is -0.493 e. The van der Waals surface area contributed by atoms with Gasteiger partial charge >= 0.3 is 0 Å². The molecule has 0 radical (unpaired) electrons. The van der Waals surface area contributed by atoms with Gasteiger partial charge in [-0.1, -0.05) is 23.8 Å². The SMILES string of the molecule is COc1cc(C=NN2C(=O)[C@@H]3[C@H](C2=O)[C@H]2C=C[C@H]3C2)cc(Cl)c1OCc1ccc([N+](=O)[O-])cc1. The molecule has 3 aliphatic rings. The third-order valence-corrected chi connectivity index (χ3v) is 6.83. The van der Waals surface area contributed by atoms with Gasteiger partial charge in [0.15, 0.2) is 11.5 Å². The molecule has 9 nitrogen and oxygen atoms in total. The molecule has 0 N–H and O–H groups in total. The maximum Gasteiger partial charge on any atom is 0.269 e. The Hall–Kier alpha value is -3.72. The summed E-state index contributed by atoms with van der Waals surface area (Å²) in [5.41, 5.74) is 1.24. The second-order valence-corrected chi connectivity index (χ2v) is 8.89. The van der Waals surface area contributed by atoms with Crippen LogP contribution >= 0.6 is 11.6 Å². The molecule has 174 valence electrons. The Labute approximate surface area is 199 Å². The number of non-ortho nitro benzene ring substituents is 1. The number of imide groups is 1.